The molecule has 264 valence electrons. The average Bonchev–Trinajstić information content (AvgIpc) is 3.79. The molecule has 10 aromatic rings. The van der Waals surface area contributed by atoms with Gasteiger partial charge in [-0.15, -0.1) is 0 Å². The SMILES string of the molecule is C1=Cc2c(c3cc(-c4ccc5c(c4)c4ccccc4n5-c4cccc(-c5ccccc5)c4)ccc3n2-c2cc(-c3ccccc3)cc(-c3ccccc3)c2)CC1. The van der Waals surface area contributed by atoms with Crippen molar-refractivity contribution in [1.29, 1.82) is 0 Å². The summed E-state index contributed by atoms with van der Waals surface area (Å²) in [4.78, 5) is 0. The molecule has 56 heavy (non-hydrogen) atoms. The zero-order valence-corrected chi connectivity index (χ0v) is 30.9. The summed E-state index contributed by atoms with van der Waals surface area (Å²) in [6.45, 7) is 0. The predicted molar refractivity (Wildman–Crippen MR) is 237 cm³/mol. The Morgan fingerprint density at radius 2 is 0.839 bits per heavy atom. The number of para-hydroxylation sites is 1. The first-order chi connectivity index (χ1) is 27.8. The topological polar surface area (TPSA) is 9.86 Å². The van der Waals surface area contributed by atoms with Gasteiger partial charge in [-0.3, -0.25) is 0 Å². The van der Waals surface area contributed by atoms with Crippen molar-refractivity contribution in [3.05, 3.63) is 211 Å². The van der Waals surface area contributed by atoms with E-state index >= 15 is 0 Å². The highest BCUT2D eigenvalue weighted by atomic mass is 15.0. The highest BCUT2D eigenvalue weighted by Crippen LogP contribution is 2.40. The van der Waals surface area contributed by atoms with Crippen LogP contribution in [0.3, 0.4) is 0 Å². The lowest BCUT2D eigenvalue weighted by Crippen LogP contribution is -2.01. The zero-order chi connectivity index (χ0) is 37.0. The molecule has 0 atom stereocenters. The first-order valence-electron chi connectivity index (χ1n) is 19.6. The Morgan fingerprint density at radius 3 is 1.52 bits per heavy atom. The third kappa shape index (κ3) is 5.41. The molecule has 2 heterocycles. The van der Waals surface area contributed by atoms with Crippen molar-refractivity contribution >= 4 is 38.8 Å². The smallest absolute Gasteiger partial charge is 0.0541 e. The van der Waals surface area contributed by atoms with Gasteiger partial charge >= 0.3 is 0 Å². The Labute approximate surface area is 326 Å². The maximum atomic E-state index is 2.49. The number of aryl methyl sites for hydroxylation is 1. The van der Waals surface area contributed by atoms with E-state index in [1.165, 1.54) is 99.8 Å². The highest BCUT2D eigenvalue weighted by molar-refractivity contribution is 6.10. The van der Waals surface area contributed by atoms with Crippen LogP contribution in [0.5, 0.6) is 0 Å². The summed E-state index contributed by atoms with van der Waals surface area (Å²) in [6.07, 6.45) is 6.74. The molecular formula is C54H38N2. The molecule has 0 aliphatic heterocycles. The van der Waals surface area contributed by atoms with Crippen LogP contribution in [0.15, 0.2) is 200 Å². The van der Waals surface area contributed by atoms with E-state index in [2.05, 4.69) is 215 Å². The Kier molecular flexibility index (Phi) is 7.67. The summed E-state index contributed by atoms with van der Waals surface area (Å²) in [7, 11) is 0. The molecule has 0 N–H and O–H groups in total. The number of fused-ring (bicyclic) bond motifs is 6. The van der Waals surface area contributed by atoms with Crippen molar-refractivity contribution < 1.29 is 0 Å². The number of allylic oxidation sites excluding steroid dienone is 1. The molecular weight excluding hydrogens is 677 g/mol. The van der Waals surface area contributed by atoms with Gasteiger partial charge < -0.3 is 9.13 Å². The minimum atomic E-state index is 1.03. The van der Waals surface area contributed by atoms with Crippen LogP contribution in [0.25, 0.3) is 94.7 Å². The molecule has 1 aliphatic rings. The second-order valence-corrected chi connectivity index (χ2v) is 14.9. The lowest BCUT2D eigenvalue weighted by Gasteiger charge is -2.16. The van der Waals surface area contributed by atoms with Crippen molar-refractivity contribution in [3.8, 4) is 55.9 Å². The van der Waals surface area contributed by atoms with Crippen molar-refractivity contribution in [3.63, 3.8) is 0 Å². The van der Waals surface area contributed by atoms with Gasteiger partial charge in [-0.1, -0.05) is 140 Å². The minimum Gasteiger partial charge on any atom is -0.310 e. The summed E-state index contributed by atoms with van der Waals surface area (Å²) in [5, 5.41) is 3.85. The van der Waals surface area contributed by atoms with Gasteiger partial charge in [0.1, 0.15) is 0 Å². The van der Waals surface area contributed by atoms with Crippen molar-refractivity contribution in [2.24, 2.45) is 0 Å². The van der Waals surface area contributed by atoms with Crippen LogP contribution >= 0.6 is 0 Å². The summed E-state index contributed by atoms with van der Waals surface area (Å²) in [5.74, 6) is 0. The van der Waals surface area contributed by atoms with Gasteiger partial charge in [0.2, 0.25) is 0 Å². The zero-order valence-electron chi connectivity index (χ0n) is 30.9. The van der Waals surface area contributed by atoms with Crippen LogP contribution in [-0.2, 0) is 6.42 Å². The molecule has 0 saturated heterocycles. The van der Waals surface area contributed by atoms with Gasteiger partial charge in [-0.25, -0.2) is 0 Å². The minimum absolute atomic E-state index is 1.03. The van der Waals surface area contributed by atoms with E-state index in [1.54, 1.807) is 0 Å². The fourth-order valence-corrected chi connectivity index (χ4v) is 8.91. The quantitative estimate of drug-likeness (QED) is 0.162. The molecule has 2 nitrogen and oxygen atoms in total. The first-order valence-corrected chi connectivity index (χ1v) is 19.6. The van der Waals surface area contributed by atoms with Gasteiger partial charge in [0.25, 0.3) is 0 Å². The van der Waals surface area contributed by atoms with Gasteiger partial charge in [0.05, 0.1) is 16.6 Å². The summed E-state index contributed by atoms with van der Waals surface area (Å²) < 4.78 is 4.91. The Hall–Kier alpha value is -7.16. The maximum Gasteiger partial charge on any atom is 0.0541 e. The Bertz CT molecular complexity index is 3050. The van der Waals surface area contributed by atoms with E-state index in [-0.39, 0.29) is 0 Å². The standard InChI is InChI=1S/C54H38N2/c1-4-15-37(16-5-1)40-21-14-22-45(32-40)55-51-25-12-10-23-47(51)49-35-41(27-29-53(49)55)42-28-30-54-50(36-42)48-24-11-13-26-52(48)56(54)46-33-43(38-17-6-2-7-18-38)31-44(34-46)39-19-8-3-9-20-39/h1-10,12-23,25-36H,11,24H2. The van der Waals surface area contributed by atoms with Crippen molar-refractivity contribution in [1.82, 2.24) is 9.13 Å². The summed E-state index contributed by atoms with van der Waals surface area (Å²) >= 11 is 0. The van der Waals surface area contributed by atoms with Gasteiger partial charge in [0.15, 0.2) is 0 Å². The molecule has 2 aromatic heterocycles. The molecule has 1 aliphatic carbocycles. The lowest BCUT2D eigenvalue weighted by molar-refractivity contribution is 0.968. The molecule has 0 saturated carbocycles. The fourth-order valence-electron chi connectivity index (χ4n) is 8.91. The maximum absolute atomic E-state index is 2.49. The van der Waals surface area contributed by atoms with E-state index in [4.69, 9.17) is 0 Å². The molecule has 11 rings (SSSR count). The molecule has 0 bridgehead atoms. The fraction of sp³-hybridized carbons (Fsp3) is 0.0370. The number of hydrogen-bond acceptors (Lipinski definition) is 0. The third-order valence-corrected chi connectivity index (χ3v) is 11.6. The summed E-state index contributed by atoms with van der Waals surface area (Å²) in [6, 6.07) is 71.0. The van der Waals surface area contributed by atoms with E-state index in [0.29, 0.717) is 0 Å². The van der Waals surface area contributed by atoms with E-state index in [0.717, 1.165) is 12.8 Å². The molecule has 0 unspecified atom stereocenters. The van der Waals surface area contributed by atoms with Crippen LogP contribution in [0.4, 0.5) is 0 Å². The van der Waals surface area contributed by atoms with E-state index in [9.17, 15) is 0 Å². The van der Waals surface area contributed by atoms with Crippen molar-refractivity contribution in [2.75, 3.05) is 0 Å². The number of nitrogens with zero attached hydrogens (tertiary/aromatic N) is 2. The largest absolute Gasteiger partial charge is 0.310 e. The number of rotatable bonds is 6. The number of benzene rings is 8. The lowest BCUT2D eigenvalue weighted by atomic mass is 9.97. The third-order valence-electron chi connectivity index (χ3n) is 11.6. The predicted octanol–water partition coefficient (Wildman–Crippen LogP) is 14.4. The van der Waals surface area contributed by atoms with Crippen LogP contribution < -0.4 is 0 Å². The Balaban J connectivity index is 1.06. The van der Waals surface area contributed by atoms with Gasteiger partial charge in [-0.2, -0.15) is 0 Å². The second-order valence-electron chi connectivity index (χ2n) is 14.9. The molecule has 0 spiro atoms. The number of aromatic nitrogens is 2. The first kappa shape index (κ1) is 32.3. The van der Waals surface area contributed by atoms with Crippen LogP contribution in [0.2, 0.25) is 0 Å². The number of hydrogen-bond donors (Lipinski definition) is 0. The van der Waals surface area contributed by atoms with Crippen LogP contribution in [0.1, 0.15) is 17.7 Å². The normalized spacial score (nSPS) is 12.4. The molecule has 2 heteroatoms. The molecule has 0 fully saturated rings. The van der Waals surface area contributed by atoms with Crippen LogP contribution in [-0.4, -0.2) is 9.13 Å². The molecule has 0 radical (unpaired) electrons. The Morgan fingerprint density at radius 1 is 0.321 bits per heavy atom. The average molecular weight is 715 g/mol. The van der Waals surface area contributed by atoms with Crippen LogP contribution in [0, 0.1) is 0 Å². The summed E-state index contributed by atoms with van der Waals surface area (Å²) in [5.41, 5.74) is 18.5. The van der Waals surface area contributed by atoms with Gasteiger partial charge in [-0.05, 0) is 130 Å². The second kappa shape index (κ2) is 13.3. The molecule has 0 amide bonds. The van der Waals surface area contributed by atoms with Crippen molar-refractivity contribution in [2.45, 2.75) is 12.8 Å². The molecule has 8 aromatic carbocycles. The highest BCUT2D eigenvalue weighted by Gasteiger charge is 2.21. The van der Waals surface area contributed by atoms with E-state index < -0.39 is 0 Å². The van der Waals surface area contributed by atoms with E-state index in [1.807, 2.05) is 0 Å². The monoisotopic (exact) mass is 714 g/mol. The van der Waals surface area contributed by atoms with Gasteiger partial charge in [0, 0.05) is 33.2 Å².